The van der Waals surface area contributed by atoms with Gasteiger partial charge in [-0.2, -0.15) is 5.26 Å². The fourth-order valence-corrected chi connectivity index (χ4v) is 2.13. The molecule has 0 radical (unpaired) electrons. The SMILES string of the molecule is COc1ccc(-c2ncn(C)c2C#N)cc1Br. The highest BCUT2D eigenvalue weighted by atomic mass is 79.9. The predicted octanol–water partition coefficient (Wildman–Crippen LogP) is 2.73. The average Bonchev–Trinajstić information content (AvgIpc) is 2.70. The van der Waals surface area contributed by atoms with Gasteiger partial charge in [0.15, 0.2) is 0 Å². The number of ether oxygens (including phenoxy) is 1. The first kappa shape index (κ1) is 11.7. The molecule has 0 amide bonds. The molecule has 1 aromatic carbocycles. The molecule has 0 unspecified atom stereocenters. The minimum Gasteiger partial charge on any atom is -0.496 e. The van der Waals surface area contributed by atoms with E-state index in [-0.39, 0.29) is 0 Å². The van der Waals surface area contributed by atoms with Gasteiger partial charge >= 0.3 is 0 Å². The molecule has 0 aliphatic rings. The number of aromatic nitrogens is 2. The maximum atomic E-state index is 9.07. The van der Waals surface area contributed by atoms with Gasteiger partial charge in [-0.15, -0.1) is 0 Å². The first-order valence-electron chi connectivity index (χ1n) is 4.92. The smallest absolute Gasteiger partial charge is 0.147 e. The molecule has 0 fully saturated rings. The zero-order valence-corrected chi connectivity index (χ0v) is 11.0. The van der Waals surface area contributed by atoms with E-state index < -0.39 is 0 Å². The largest absolute Gasteiger partial charge is 0.496 e. The maximum absolute atomic E-state index is 9.07. The Morgan fingerprint density at radius 2 is 2.24 bits per heavy atom. The standard InChI is InChI=1S/C12H10BrN3O/c1-16-7-15-12(10(16)6-14)8-3-4-11(17-2)9(13)5-8/h3-5,7H,1-2H3. The number of halogens is 1. The van der Waals surface area contributed by atoms with Gasteiger partial charge in [-0.25, -0.2) is 4.98 Å². The summed E-state index contributed by atoms with van der Waals surface area (Å²) in [6.07, 6.45) is 1.63. The van der Waals surface area contributed by atoms with E-state index in [1.807, 2.05) is 18.2 Å². The van der Waals surface area contributed by atoms with Crippen LogP contribution >= 0.6 is 15.9 Å². The van der Waals surface area contributed by atoms with Gasteiger partial charge in [-0.3, -0.25) is 0 Å². The van der Waals surface area contributed by atoms with E-state index in [2.05, 4.69) is 27.0 Å². The average molecular weight is 292 g/mol. The highest BCUT2D eigenvalue weighted by molar-refractivity contribution is 9.10. The normalized spacial score (nSPS) is 10.0. The van der Waals surface area contributed by atoms with Gasteiger partial charge in [0, 0.05) is 12.6 Å². The fraction of sp³-hybridized carbons (Fsp3) is 0.167. The van der Waals surface area contributed by atoms with Crippen LogP contribution in [0.2, 0.25) is 0 Å². The van der Waals surface area contributed by atoms with E-state index >= 15 is 0 Å². The van der Waals surface area contributed by atoms with Gasteiger partial charge in [-0.1, -0.05) is 0 Å². The molecule has 5 heteroatoms. The van der Waals surface area contributed by atoms with Gasteiger partial charge in [0.25, 0.3) is 0 Å². The Labute approximate surface area is 108 Å². The van der Waals surface area contributed by atoms with Crippen LogP contribution in [0.4, 0.5) is 0 Å². The Morgan fingerprint density at radius 3 is 2.82 bits per heavy atom. The van der Waals surface area contributed by atoms with E-state index in [1.54, 1.807) is 25.1 Å². The molecule has 1 heterocycles. The maximum Gasteiger partial charge on any atom is 0.147 e. The van der Waals surface area contributed by atoms with Crippen molar-refractivity contribution in [3.63, 3.8) is 0 Å². The lowest BCUT2D eigenvalue weighted by Crippen LogP contribution is -1.91. The van der Waals surface area contributed by atoms with Crippen molar-refractivity contribution >= 4 is 15.9 Å². The van der Waals surface area contributed by atoms with Crippen molar-refractivity contribution in [2.45, 2.75) is 0 Å². The van der Waals surface area contributed by atoms with Gasteiger partial charge in [0.2, 0.25) is 0 Å². The number of imidazole rings is 1. The number of rotatable bonds is 2. The highest BCUT2D eigenvalue weighted by Crippen LogP contribution is 2.30. The van der Waals surface area contributed by atoms with E-state index in [0.717, 1.165) is 15.8 Å². The van der Waals surface area contributed by atoms with E-state index in [0.29, 0.717) is 11.4 Å². The third-order valence-corrected chi connectivity index (χ3v) is 3.09. The number of nitriles is 1. The molecule has 0 saturated heterocycles. The van der Waals surface area contributed by atoms with Crippen LogP contribution in [0, 0.1) is 11.3 Å². The second-order valence-corrected chi connectivity index (χ2v) is 4.37. The lowest BCUT2D eigenvalue weighted by atomic mass is 10.1. The Bertz CT molecular complexity index is 598. The fourth-order valence-electron chi connectivity index (χ4n) is 1.59. The van der Waals surface area contributed by atoms with Crippen molar-refractivity contribution in [3.8, 4) is 23.1 Å². The molecule has 1 aromatic heterocycles. The number of methoxy groups -OCH3 is 1. The van der Waals surface area contributed by atoms with Gasteiger partial charge in [-0.05, 0) is 34.1 Å². The zero-order chi connectivity index (χ0) is 12.4. The Morgan fingerprint density at radius 1 is 1.47 bits per heavy atom. The monoisotopic (exact) mass is 291 g/mol. The molecule has 0 spiro atoms. The number of nitrogens with zero attached hydrogens (tertiary/aromatic N) is 3. The molecule has 0 saturated carbocycles. The molecule has 2 aromatic rings. The summed E-state index contributed by atoms with van der Waals surface area (Å²) in [6, 6.07) is 7.76. The van der Waals surface area contributed by atoms with E-state index in [1.165, 1.54) is 0 Å². The van der Waals surface area contributed by atoms with Crippen molar-refractivity contribution in [2.24, 2.45) is 7.05 Å². The number of hydrogen-bond acceptors (Lipinski definition) is 3. The second kappa shape index (κ2) is 4.60. The van der Waals surface area contributed by atoms with E-state index in [9.17, 15) is 0 Å². The number of hydrogen-bond donors (Lipinski definition) is 0. The van der Waals surface area contributed by atoms with Crippen LogP contribution in [-0.2, 0) is 7.05 Å². The van der Waals surface area contributed by atoms with Gasteiger partial charge in [0.05, 0.1) is 17.9 Å². The van der Waals surface area contributed by atoms with Crippen molar-refractivity contribution in [1.29, 1.82) is 5.26 Å². The zero-order valence-electron chi connectivity index (χ0n) is 9.44. The predicted molar refractivity (Wildman–Crippen MR) is 67.6 cm³/mol. The quantitative estimate of drug-likeness (QED) is 0.855. The van der Waals surface area contributed by atoms with Crippen LogP contribution in [0.5, 0.6) is 5.75 Å². The van der Waals surface area contributed by atoms with Crippen LogP contribution < -0.4 is 4.74 Å². The van der Waals surface area contributed by atoms with Crippen LogP contribution in [0.1, 0.15) is 5.69 Å². The minimum atomic E-state index is 0.544. The topological polar surface area (TPSA) is 50.8 Å². The second-order valence-electron chi connectivity index (χ2n) is 3.51. The molecule has 86 valence electrons. The summed E-state index contributed by atoms with van der Waals surface area (Å²) in [4.78, 5) is 4.23. The molecule has 0 aliphatic carbocycles. The number of benzene rings is 1. The van der Waals surface area contributed by atoms with Crippen molar-refractivity contribution in [1.82, 2.24) is 9.55 Å². The van der Waals surface area contributed by atoms with Crippen LogP contribution in [-0.4, -0.2) is 16.7 Å². The van der Waals surface area contributed by atoms with Gasteiger partial charge in [0.1, 0.15) is 23.2 Å². The molecular formula is C12H10BrN3O. The summed E-state index contributed by atoms with van der Waals surface area (Å²) < 4.78 is 7.70. The van der Waals surface area contributed by atoms with Gasteiger partial charge < -0.3 is 9.30 Å². The Kier molecular flexibility index (Phi) is 3.16. The Balaban J connectivity index is 2.54. The van der Waals surface area contributed by atoms with Crippen LogP contribution in [0.15, 0.2) is 29.0 Å². The summed E-state index contributed by atoms with van der Waals surface area (Å²) in [5, 5.41) is 9.07. The minimum absolute atomic E-state index is 0.544. The third-order valence-electron chi connectivity index (χ3n) is 2.47. The summed E-state index contributed by atoms with van der Waals surface area (Å²) in [6.45, 7) is 0. The molecule has 0 N–H and O–H groups in total. The van der Waals surface area contributed by atoms with Crippen LogP contribution in [0.25, 0.3) is 11.3 Å². The van der Waals surface area contributed by atoms with Crippen LogP contribution in [0.3, 0.4) is 0 Å². The summed E-state index contributed by atoms with van der Waals surface area (Å²) >= 11 is 3.42. The van der Waals surface area contributed by atoms with Crippen molar-refractivity contribution in [3.05, 3.63) is 34.7 Å². The Hall–Kier alpha value is -1.80. The summed E-state index contributed by atoms with van der Waals surface area (Å²) in [7, 11) is 3.41. The molecular weight excluding hydrogens is 282 g/mol. The lowest BCUT2D eigenvalue weighted by molar-refractivity contribution is 0.412. The molecule has 17 heavy (non-hydrogen) atoms. The first-order chi connectivity index (χ1) is 8.17. The lowest BCUT2D eigenvalue weighted by Gasteiger charge is -2.05. The number of aryl methyl sites for hydroxylation is 1. The summed E-state index contributed by atoms with van der Waals surface area (Å²) in [5.74, 6) is 0.753. The first-order valence-corrected chi connectivity index (χ1v) is 5.72. The van der Waals surface area contributed by atoms with Crippen molar-refractivity contribution < 1.29 is 4.74 Å². The van der Waals surface area contributed by atoms with Crippen molar-refractivity contribution in [2.75, 3.05) is 7.11 Å². The molecule has 0 atom stereocenters. The molecule has 0 bridgehead atoms. The molecule has 4 nitrogen and oxygen atoms in total. The highest BCUT2D eigenvalue weighted by Gasteiger charge is 2.12. The molecule has 0 aliphatic heterocycles. The molecule has 2 rings (SSSR count). The third kappa shape index (κ3) is 2.04. The summed E-state index contributed by atoms with van der Waals surface area (Å²) in [5.41, 5.74) is 2.11. The van der Waals surface area contributed by atoms with E-state index in [4.69, 9.17) is 10.00 Å².